The minimum absolute atomic E-state index is 0.0826. The Hall–Kier alpha value is -3.25. The van der Waals surface area contributed by atoms with Crippen LogP contribution < -0.4 is 0 Å². The molecule has 0 atom stereocenters. The van der Waals surface area contributed by atoms with Gasteiger partial charge in [0.05, 0.1) is 11.1 Å². The molecule has 0 saturated carbocycles. The Morgan fingerprint density at radius 2 is 1.50 bits per heavy atom. The Balaban J connectivity index is 2.84. The first-order valence-corrected chi connectivity index (χ1v) is 5.18. The summed E-state index contributed by atoms with van der Waals surface area (Å²) >= 11 is 0. The number of ether oxygens (including phenoxy) is 3. The number of carbonyl (C=O) groups is 3. The highest BCUT2D eigenvalue weighted by molar-refractivity contribution is 6.03. The van der Waals surface area contributed by atoms with Crippen molar-refractivity contribution in [2.45, 2.75) is 0 Å². The summed E-state index contributed by atoms with van der Waals surface area (Å²) in [5.41, 5.74) is -0.179. The van der Waals surface area contributed by atoms with Gasteiger partial charge >= 0.3 is 17.9 Å². The second-order valence-corrected chi connectivity index (χ2v) is 3.22. The molecule has 6 heteroatoms. The summed E-state index contributed by atoms with van der Waals surface area (Å²) in [5.74, 6) is -2.71. The van der Waals surface area contributed by atoms with Crippen LogP contribution in [0, 0.1) is 25.1 Å². The minimum Gasteiger partial charge on any atom is -0.450 e. The fourth-order valence-electron chi connectivity index (χ4n) is 1.25. The second-order valence-electron chi connectivity index (χ2n) is 3.22. The van der Waals surface area contributed by atoms with E-state index in [0.717, 1.165) is 0 Å². The van der Waals surface area contributed by atoms with Crippen molar-refractivity contribution in [2.75, 3.05) is 6.61 Å². The lowest BCUT2D eigenvalue weighted by atomic mass is 10.1. The van der Waals surface area contributed by atoms with E-state index < -0.39 is 24.5 Å². The molecule has 1 aromatic carbocycles. The molecule has 1 rings (SSSR count). The van der Waals surface area contributed by atoms with Crippen molar-refractivity contribution in [1.82, 2.24) is 0 Å². The molecule has 1 aromatic rings. The molecule has 0 amide bonds. The summed E-state index contributed by atoms with van der Waals surface area (Å²) in [4.78, 5) is 34.2. The molecule has 0 heterocycles. The lowest BCUT2D eigenvalue weighted by molar-refractivity contribution is -0.140. The van der Waals surface area contributed by atoms with Crippen molar-refractivity contribution in [1.29, 1.82) is 0 Å². The van der Waals surface area contributed by atoms with Crippen molar-refractivity contribution >= 4 is 17.9 Å². The third-order valence-electron chi connectivity index (χ3n) is 2.01. The average molecular weight is 272 g/mol. The third-order valence-corrected chi connectivity index (χ3v) is 2.01. The number of hydrogen-bond donors (Lipinski definition) is 0. The van der Waals surface area contributed by atoms with Gasteiger partial charge in [-0.25, -0.2) is 14.4 Å². The monoisotopic (exact) mass is 272 g/mol. The van der Waals surface area contributed by atoms with Crippen LogP contribution in [0.1, 0.15) is 20.7 Å². The Bertz CT molecular complexity index is 617. The second kappa shape index (κ2) is 7.24. The zero-order chi connectivity index (χ0) is 15.0. The Morgan fingerprint density at radius 3 is 2.05 bits per heavy atom. The highest BCUT2D eigenvalue weighted by Crippen LogP contribution is 2.11. The zero-order valence-electron chi connectivity index (χ0n) is 10.1. The zero-order valence-corrected chi connectivity index (χ0v) is 10.1. The van der Waals surface area contributed by atoms with E-state index in [-0.39, 0.29) is 11.1 Å². The van der Waals surface area contributed by atoms with Gasteiger partial charge in [0.15, 0.2) is 6.61 Å². The number of carbonyl (C=O) groups excluding carboxylic acids is 3. The van der Waals surface area contributed by atoms with E-state index in [1.54, 1.807) is 12.2 Å². The van der Waals surface area contributed by atoms with Crippen LogP contribution in [0.2, 0.25) is 0 Å². The standard InChI is InChI=1S/C14H8O6/c1-3-18-12(15)9-20-14(17)11-8-6-5-7-10(11)13(16)19-4-2/h1-2,5-8H,9H2. The number of benzene rings is 1. The van der Waals surface area contributed by atoms with Crippen LogP contribution in [0.5, 0.6) is 0 Å². The summed E-state index contributed by atoms with van der Waals surface area (Å²) < 4.78 is 13.1. The van der Waals surface area contributed by atoms with Crippen LogP contribution >= 0.6 is 0 Å². The first-order valence-electron chi connectivity index (χ1n) is 5.18. The fourth-order valence-corrected chi connectivity index (χ4v) is 1.25. The van der Waals surface area contributed by atoms with Gasteiger partial charge < -0.3 is 14.2 Å². The van der Waals surface area contributed by atoms with Crippen molar-refractivity contribution < 1.29 is 28.6 Å². The van der Waals surface area contributed by atoms with Crippen LogP contribution in [0.15, 0.2) is 24.3 Å². The van der Waals surface area contributed by atoms with E-state index in [9.17, 15) is 14.4 Å². The normalized spacial score (nSPS) is 8.70. The number of rotatable bonds is 4. The van der Waals surface area contributed by atoms with Crippen LogP contribution in [0.4, 0.5) is 0 Å². The summed E-state index contributed by atoms with van der Waals surface area (Å²) in [6.45, 7) is -0.679. The summed E-state index contributed by atoms with van der Waals surface area (Å²) in [6, 6.07) is 5.66. The maximum atomic E-state index is 11.7. The molecule has 0 N–H and O–H groups in total. The molecule has 0 fully saturated rings. The molecule has 6 nitrogen and oxygen atoms in total. The number of esters is 3. The van der Waals surface area contributed by atoms with Gasteiger partial charge in [0.25, 0.3) is 0 Å². The van der Waals surface area contributed by atoms with E-state index in [0.29, 0.717) is 0 Å². The molecular formula is C14H8O6. The minimum atomic E-state index is -0.913. The van der Waals surface area contributed by atoms with Crippen molar-refractivity contribution in [3.8, 4) is 25.1 Å². The summed E-state index contributed by atoms with van der Waals surface area (Å²) in [5, 5.41) is 0. The fraction of sp³-hybridized carbons (Fsp3) is 0.0714. The largest absolute Gasteiger partial charge is 0.450 e. The first kappa shape index (κ1) is 14.8. The molecule has 0 aromatic heterocycles. The lowest BCUT2D eigenvalue weighted by Gasteiger charge is -2.06. The van der Waals surface area contributed by atoms with Crippen LogP contribution in [0.25, 0.3) is 0 Å². The van der Waals surface area contributed by atoms with E-state index in [1.807, 2.05) is 0 Å². The van der Waals surface area contributed by atoms with Crippen LogP contribution in [-0.4, -0.2) is 24.5 Å². The van der Waals surface area contributed by atoms with Gasteiger partial charge in [0.1, 0.15) is 12.2 Å². The third kappa shape index (κ3) is 3.90. The molecule has 0 unspecified atom stereocenters. The summed E-state index contributed by atoms with van der Waals surface area (Å²) in [6.07, 6.45) is 12.9. The molecule has 0 saturated heterocycles. The van der Waals surface area contributed by atoms with E-state index in [1.165, 1.54) is 24.3 Å². The molecule has 100 valence electrons. The maximum absolute atomic E-state index is 11.7. The average Bonchev–Trinajstić information content (AvgIpc) is 2.45. The predicted octanol–water partition coefficient (Wildman–Crippen LogP) is 0.725. The highest BCUT2D eigenvalue weighted by Gasteiger charge is 2.19. The maximum Gasteiger partial charge on any atom is 0.358 e. The van der Waals surface area contributed by atoms with E-state index >= 15 is 0 Å². The van der Waals surface area contributed by atoms with Gasteiger partial charge in [-0.3, -0.25) is 0 Å². The van der Waals surface area contributed by atoms with Gasteiger partial charge in [-0.15, -0.1) is 0 Å². The molecule has 0 radical (unpaired) electrons. The van der Waals surface area contributed by atoms with E-state index in [2.05, 4.69) is 14.2 Å². The molecule has 0 aliphatic carbocycles. The van der Waals surface area contributed by atoms with E-state index in [4.69, 9.17) is 12.8 Å². The highest BCUT2D eigenvalue weighted by atomic mass is 16.6. The SMILES string of the molecule is C#COC(=O)COC(=O)c1ccccc1C(=O)OC#C. The quantitative estimate of drug-likeness (QED) is 0.456. The molecule has 0 spiro atoms. The first-order chi connectivity index (χ1) is 9.60. The van der Waals surface area contributed by atoms with Crippen molar-refractivity contribution in [2.24, 2.45) is 0 Å². The van der Waals surface area contributed by atoms with Gasteiger partial charge in [-0.1, -0.05) is 25.0 Å². The van der Waals surface area contributed by atoms with Crippen LogP contribution in [0.3, 0.4) is 0 Å². The number of hydrogen-bond acceptors (Lipinski definition) is 6. The molecule has 0 bridgehead atoms. The van der Waals surface area contributed by atoms with Crippen LogP contribution in [-0.2, 0) is 19.0 Å². The molecule has 0 aliphatic heterocycles. The molecule has 20 heavy (non-hydrogen) atoms. The molecule has 0 aliphatic rings. The summed E-state index contributed by atoms with van der Waals surface area (Å²) in [7, 11) is 0. The van der Waals surface area contributed by atoms with Gasteiger partial charge in [-0.05, 0) is 12.1 Å². The lowest BCUT2D eigenvalue weighted by Crippen LogP contribution is -2.17. The van der Waals surface area contributed by atoms with Gasteiger partial charge in [0, 0.05) is 0 Å². The van der Waals surface area contributed by atoms with Gasteiger partial charge in [0.2, 0.25) is 0 Å². The smallest absolute Gasteiger partial charge is 0.358 e. The Kier molecular flexibility index (Phi) is 5.36. The van der Waals surface area contributed by atoms with Crippen molar-refractivity contribution in [3.63, 3.8) is 0 Å². The Labute approximate surface area is 114 Å². The molecular weight excluding hydrogens is 264 g/mol. The predicted molar refractivity (Wildman–Crippen MR) is 65.9 cm³/mol. The topological polar surface area (TPSA) is 78.9 Å². The van der Waals surface area contributed by atoms with Gasteiger partial charge in [-0.2, -0.15) is 0 Å². The Morgan fingerprint density at radius 1 is 0.950 bits per heavy atom. The number of terminal acetylenes is 2. The van der Waals surface area contributed by atoms with Crippen molar-refractivity contribution in [3.05, 3.63) is 35.4 Å².